The molecular formula is C25H38N2O2. The number of piperidine rings is 1. The van der Waals surface area contributed by atoms with Crippen LogP contribution < -0.4 is 4.74 Å². The maximum absolute atomic E-state index is 13.8. The fraction of sp³-hybridized carbons (Fsp3) is 0.720. The molecule has 2 heterocycles. The lowest BCUT2D eigenvalue weighted by Crippen LogP contribution is -2.53. The number of ether oxygens (including phenoxy) is 1. The quantitative estimate of drug-likeness (QED) is 0.750. The Morgan fingerprint density at radius 1 is 1.07 bits per heavy atom. The monoisotopic (exact) mass is 398 g/mol. The molecule has 160 valence electrons. The van der Waals surface area contributed by atoms with Crippen LogP contribution in [-0.2, 0) is 11.2 Å². The van der Waals surface area contributed by atoms with E-state index in [2.05, 4.69) is 41.8 Å². The van der Waals surface area contributed by atoms with Crippen LogP contribution in [0, 0.1) is 11.3 Å². The Morgan fingerprint density at radius 2 is 1.83 bits per heavy atom. The first-order valence-electron chi connectivity index (χ1n) is 11.8. The third kappa shape index (κ3) is 4.96. The Hall–Kier alpha value is -1.55. The number of aryl methyl sites for hydroxylation is 1. The molecule has 29 heavy (non-hydrogen) atoms. The molecule has 1 amide bonds. The molecule has 1 saturated carbocycles. The minimum Gasteiger partial charge on any atom is -0.491 e. The van der Waals surface area contributed by atoms with Crippen molar-refractivity contribution in [1.29, 1.82) is 0 Å². The van der Waals surface area contributed by atoms with Crippen LogP contribution in [-0.4, -0.2) is 54.5 Å². The number of amides is 1. The predicted octanol–water partition coefficient (Wildman–Crippen LogP) is 4.52. The Balaban J connectivity index is 1.50. The molecule has 0 N–H and O–H groups in total. The minimum atomic E-state index is -0.164. The summed E-state index contributed by atoms with van der Waals surface area (Å²) >= 11 is 0. The molecule has 0 bridgehead atoms. The molecule has 4 heteroatoms. The van der Waals surface area contributed by atoms with Gasteiger partial charge in [-0.1, -0.05) is 24.6 Å². The third-order valence-corrected chi connectivity index (χ3v) is 7.28. The number of benzene rings is 1. The van der Waals surface area contributed by atoms with Crippen LogP contribution in [0.3, 0.4) is 0 Å². The minimum absolute atomic E-state index is 0.164. The van der Waals surface area contributed by atoms with Crippen molar-refractivity contribution in [2.75, 3.05) is 32.8 Å². The van der Waals surface area contributed by atoms with E-state index in [1.807, 2.05) is 6.07 Å². The standard InChI is InChI=1S/C25H38N2O2/c1-20(2)27-17-18-29-23-9-4-3-7-22(23)8-5-6-12-25(24(27)28)13-15-26(16-14-25)19-21-10-11-21/h3-4,7,9,20-21H,5-6,8,10-19H2,1-2H3. The summed E-state index contributed by atoms with van der Waals surface area (Å²) in [6, 6.07) is 8.62. The van der Waals surface area contributed by atoms with Crippen molar-refractivity contribution >= 4 is 5.91 Å². The SMILES string of the molecule is CC(C)N1CCOc2ccccc2CCCCC2(CCN(CC3CC3)CC2)C1=O. The zero-order valence-electron chi connectivity index (χ0n) is 18.4. The van der Waals surface area contributed by atoms with E-state index in [0.29, 0.717) is 19.1 Å². The summed E-state index contributed by atoms with van der Waals surface area (Å²) in [5.41, 5.74) is 1.15. The number of para-hydroxylation sites is 1. The number of carbonyl (C=O) groups excluding carboxylic acids is 1. The van der Waals surface area contributed by atoms with E-state index in [-0.39, 0.29) is 11.5 Å². The molecule has 2 aliphatic heterocycles. The van der Waals surface area contributed by atoms with E-state index < -0.39 is 0 Å². The van der Waals surface area contributed by atoms with E-state index in [9.17, 15) is 4.79 Å². The van der Waals surface area contributed by atoms with Gasteiger partial charge in [-0.15, -0.1) is 0 Å². The van der Waals surface area contributed by atoms with Crippen molar-refractivity contribution < 1.29 is 9.53 Å². The van der Waals surface area contributed by atoms with Crippen LogP contribution in [0.25, 0.3) is 0 Å². The first-order valence-corrected chi connectivity index (χ1v) is 11.8. The van der Waals surface area contributed by atoms with Crippen LogP contribution in [0.15, 0.2) is 24.3 Å². The van der Waals surface area contributed by atoms with Gasteiger partial charge < -0.3 is 14.5 Å². The lowest BCUT2D eigenvalue weighted by atomic mass is 9.72. The number of hydrogen-bond acceptors (Lipinski definition) is 3. The summed E-state index contributed by atoms with van der Waals surface area (Å²) in [5, 5.41) is 0. The number of likely N-dealkylation sites (tertiary alicyclic amines) is 1. The van der Waals surface area contributed by atoms with Gasteiger partial charge in [0.2, 0.25) is 5.91 Å². The van der Waals surface area contributed by atoms with Gasteiger partial charge in [0.15, 0.2) is 0 Å². The van der Waals surface area contributed by atoms with Gasteiger partial charge in [0.05, 0.1) is 12.0 Å². The van der Waals surface area contributed by atoms with Crippen LogP contribution in [0.4, 0.5) is 0 Å². The maximum Gasteiger partial charge on any atom is 0.229 e. The van der Waals surface area contributed by atoms with Gasteiger partial charge in [-0.2, -0.15) is 0 Å². The van der Waals surface area contributed by atoms with Crippen molar-refractivity contribution in [1.82, 2.24) is 9.80 Å². The summed E-state index contributed by atoms with van der Waals surface area (Å²) in [6.07, 6.45) is 9.19. The fourth-order valence-corrected chi connectivity index (χ4v) is 5.18. The smallest absolute Gasteiger partial charge is 0.229 e. The van der Waals surface area contributed by atoms with Crippen molar-refractivity contribution in [2.45, 2.75) is 71.3 Å². The summed E-state index contributed by atoms with van der Waals surface area (Å²) in [4.78, 5) is 18.5. The summed E-state index contributed by atoms with van der Waals surface area (Å²) < 4.78 is 6.13. The first-order chi connectivity index (χ1) is 14.1. The molecular weight excluding hydrogens is 360 g/mol. The number of fused-ring (bicyclic) bond motifs is 1. The molecule has 4 rings (SSSR count). The van der Waals surface area contributed by atoms with Crippen LogP contribution in [0.5, 0.6) is 5.75 Å². The Kier molecular flexibility index (Phi) is 6.48. The molecule has 0 radical (unpaired) electrons. The van der Waals surface area contributed by atoms with E-state index >= 15 is 0 Å². The second kappa shape index (κ2) is 9.07. The molecule has 0 atom stereocenters. The second-order valence-corrected chi connectivity index (χ2v) is 9.78. The lowest BCUT2D eigenvalue weighted by Gasteiger charge is -2.44. The Labute approximate surface area is 176 Å². The fourth-order valence-electron chi connectivity index (χ4n) is 5.18. The molecule has 1 aromatic rings. The molecule has 1 saturated heterocycles. The van der Waals surface area contributed by atoms with Gasteiger partial charge in [0.25, 0.3) is 0 Å². The average Bonchev–Trinajstić information content (AvgIpc) is 3.53. The highest BCUT2D eigenvalue weighted by molar-refractivity contribution is 5.83. The summed E-state index contributed by atoms with van der Waals surface area (Å²) in [6.45, 7) is 8.98. The molecule has 0 aromatic heterocycles. The van der Waals surface area contributed by atoms with Gasteiger partial charge >= 0.3 is 0 Å². The highest BCUT2D eigenvalue weighted by atomic mass is 16.5. The average molecular weight is 399 g/mol. The molecule has 1 aromatic carbocycles. The zero-order chi connectivity index (χ0) is 20.3. The number of nitrogens with zero attached hydrogens (tertiary/aromatic N) is 2. The van der Waals surface area contributed by atoms with Crippen molar-refractivity contribution in [3.05, 3.63) is 29.8 Å². The van der Waals surface area contributed by atoms with Crippen LogP contribution >= 0.6 is 0 Å². The molecule has 3 aliphatic rings. The van der Waals surface area contributed by atoms with Gasteiger partial charge in [-0.05, 0) is 89.4 Å². The van der Waals surface area contributed by atoms with Gasteiger partial charge in [-0.25, -0.2) is 0 Å². The third-order valence-electron chi connectivity index (χ3n) is 7.28. The molecule has 0 unspecified atom stereocenters. The van der Waals surface area contributed by atoms with Gasteiger partial charge in [0.1, 0.15) is 12.4 Å². The van der Waals surface area contributed by atoms with Crippen molar-refractivity contribution in [3.8, 4) is 5.75 Å². The lowest BCUT2D eigenvalue weighted by molar-refractivity contribution is -0.148. The first kappa shape index (κ1) is 20.7. The van der Waals surface area contributed by atoms with Gasteiger partial charge in [-0.3, -0.25) is 4.79 Å². The summed E-state index contributed by atoms with van der Waals surface area (Å²) in [7, 11) is 0. The van der Waals surface area contributed by atoms with E-state index in [4.69, 9.17) is 4.74 Å². The number of carbonyl (C=O) groups is 1. The molecule has 2 fully saturated rings. The highest BCUT2D eigenvalue weighted by Crippen LogP contribution is 2.41. The number of rotatable bonds is 3. The number of hydrogen-bond donors (Lipinski definition) is 0. The second-order valence-electron chi connectivity index (χ2n) is 9.78. The van der Waals surface area contributed by atoms with Crippen molar-refractivity contribution in [3.63, 3.8) is 0 Å². The zero-order valence-corrected chi connectivity index (χ0v) is 18.4. The Bertz CT molecular complexity index is 690. The van der Waals surface area contributed by atoms with E-state index in [1.54, 1.807) is 0 Å². The predicted molar refractivity (Wildman–Crippen MR) is 117 cm³/mol. The topological polar surface area (TPSA) is 32.8 Å². The normalized spacial score (nSPS) is 24.0. The van der Waals surface area contributed by atoms with Gasteiger partial charge in [0, 0.05) is 12.6 Å². The van der Waals surface area contributed by atoms with E-state index in [1.165, 1.54) is 24.9 Å². The summed E-state index contributed by atoms with van der Waals surface area (Å²) in [5.74, 6) is 2.31. The van der Waals surface area contributed by atoms with Crippen molar-refractivity contribution in [2.24, 2.45) is 11.3 Å². The molecule has 4 nitrogen and oxygen atoms in total. The van der Waals surface area contributed by atoms with E-state index in [0.717, 1.165) is 63.3 Å². The largest absolute Gasteiger partial charge is 0.491 e. The Morgan fingerprint density at radius 3 is 2.55 bits per heavy atom. The molecule has 1 aliphatic carbocycles. The van der Waals surface area contributed by atoms with Crippen LogP contribution in [0.1, 0.15) is 64.4 Å². The molecule has 1 spiro atoms. The highest BCUT2D eigenvalue weighted by Gasteiger charge is 2.44. The van der Waals surface area contributed by atoms with Crippen LogP contribution in [0.2, 0.25) is 0 Å². The maximum atomic E-state index is 13.8.